The van der Waals surface area contributed by atoms with Crippen LogP contribution >= 0.6 is 0 Å². The molecule has 1 aliphatic rings. The van der Waals surface area contributed by atoms with E-state index in [0.29, 0.717) is 64.0 Å². The lowest BCUT2D eigenvalue weighted by atomic mass is 9.98. The Balaban J connectivity index is 1.34. The molecular weight excluding hydrogens is 492 g/mol. The van der Waals surface area contributed by atoms with Gasteiger partial charge in [0.25, 0.3) is 0 Å². The van der Waals surface area contributed by atoms with E-state index in [9.17, 15) is 4.79 Å². The zero-order chi connectivity index (χ0) is 27.0. The van der Waals surface area contributed by atoms with E-state index in [1.165, 1.54) is 0 Å². The maximum absolute atomic E-state index is 13.2. The minimum atomic E-state index is 0.0307. The lowest BCUT2D eigenvalue weighted by Crippen LogP contribution is -2.34. The zero-order valence-electron chi connectivity index (χ0n) is 22.5. The van der Waals surface area contributed by atoms with Crippen molar-refractivity contribution in [1.29, 1.82) is 0 Å². The summed E-state index contributed by atoms with van der Waals surface area (Å²) < 4.78 is 17.7. The molecule has 5 rings (SSSR count). The van der Waals surface area contributed by atoms with Crippen LogP contribution in [0.4, 0.5) is 0 Å². The van der Waals surface area contributed by atoms with Gasteiger partial charge in [0.2, 0.25) is 17.7 Å². The van der Waals surface area contributed by atoms with Gasteiger partial charge in [-0.15, -0.1) is 10.2 Å². The van der Waals surface area contributed by atoms with Gasteiger partial charge in [-0.2, -0.15) is 0 Å². The van der Waals surface area contributed by atoms with Crippen molar-refractivity contribution in [2.75, 3.05) is 26.4 Å². The zero-order valence-corrected chi connectivity index (χ0v) is 22.5. The maximum atomic E-state index is 13.2. The molecule has 3 heterocycles. The van der Waals surface area contributed by atoms with Crippen LogP contribution < -0.4 is 4.74 Å². The Kier molecular flexibility index (Phi) is 8.63. The van der Waals surface area contributed by atoms with Crippen LogP contribution in [0.25, 0.3) is 11.1 Å². The van der Waals surface area contributed by atoms with Crippen molar-refractivity contribution in [2.45, 2.75) is 45.6 Å². The van der Waals surface area contributed by atoms with Gasteiger partial charge in [-0.05, 0) is 40.5 Å². The van der Waals surface area contributed by atoms with Crippen LogP contribution in [0.3, 0.4) is 0 Å². The smallest absolute Gasteiger partial charge is 0.223 e. The number of rotatable bonds is 5. The van der Waals surface area contributed by atoms with Crippen molar-refractivity contribution in [2.24, 2.45) is 0 Å². The standard InChI is InChI=1S/C31H34N4O4/c1-22(2)31-34-33-29(39-31)10-11-30(36)35-13-14-37-15-16-38-28-9-8-25(26-7-4-12-32-20-26)19-27(28)18-23-5-3-6-24(17-23)21-35/h3-9,12,17,19-20,22H,10-11,13-16,18,21H2,1-2H3. The van der Waals surface area contributed by atoms with Crippen LogP contribution in [-0.4, -0.2) is 52.4 Å². The number of carbonyl (C=O) groups is 1. The fourth-order valence-electron chi connectivity index (χ4n) is 4.60. The summed E-state index contributed by atoms with van der Waals surface area (Å²) in [6, 6.07) is 18.7. The summed E-state index contributed by atoms with van der Waals surface area (Å²) in [4.78, 5) is 19.3. The summed E-state index contributed by atoms with van der Waals surface area (Å²) in [7, 11) is 0. The topological polar surface area (TPSA) is 90.6 Å². The number of carbonyl (C=O) groups excluding carboxylic acids is 1. The van der Waals surface area contributed by atoms with Crippen LogP contribution in [0.1, 0.15) is 54.7 Å². The van der Waals surface area contributed by atoms with Gasteiger partial charge < -0.3 is 18.8 Å². The second-order valence-corrected chi connectivity index (χ2v) is 10.0. The first kappa shape index (κ1) is 26.6. The van der Waals surface area contributed by atoms with Crippen molar-refractivity contribution in [1.82, 2.24) is 20.1 Å². The number of aryl methyl sites for hydroxylation is 1. The van der Waals surface area contributed by atoms with E-state index in [1.54, 1.807) is 6.20 Å². The normalized spacial score (nSPS) is 14.4. The van der Waals surface area contributed by atoms with Crippen molar-refractivity contribution in [3.63, 3.8) is 0 Å². The number of hydrogen-bond acceptors (Lipinski definition) is 7. The molecule has 0 atom stereocenters. The van der Waals surface area contributed by atoms with Crippen LogP contribution in [0.2, 0.25) is 0 Å². The molecule has 0 fully saturated rings. The molecule has 0 radical (unpaired) electrons. The summed E-state index contributed by atoms with van der Waals surface area (Å²) in [5.74, 6) is 2.13. The molecule has 0 aliphatic carbocycles. The van der Waals surface area contributed by atoms with Crippen LogP contribution in [0.5, 0.6) is 5.75 Å². The average molecular weight is 527 g/mol. The van der Waals surface area contributed by atoms with Crippen molar-refractivity contribution >= 4 is 5.91 Å². The van der Waals surface area contributed by atoms with E-state index < -0.39 is 0 Å². The summed E-state index contributed by atoms with van der Waals surface area (Å²) >= 11 is 0. The predicted molar refractivity (Wildman–Crippen MR) is 147 cm³/mol. The third kappa shape index (κ3) is 7.09. The number of fused-ring (bicyclic) bond motifs is 3. The highest BCUT2D eigenvalue weighted by Gasteiger charge is 2.18. The summed E-state index contributed by atoms with van der Waals surface area (Å²) in [5, 5.41) is 8.16. The molecule has 1 aliphatic heterocycles. The molecule has 8 nitrogen and oxygen atoms in total. The van der Waals surface area contributed by atoms with Crippen LogP contribution in [-0.2, 0) is 28.9 Å². The molecule has 0 saturated carbocycles. The van der Waals surface area contributed by atoms with Crippen molar-refractivity contribution in [3.05, 3.63) is 95.5 Å². The van der Waals surface area contributed by atoms with Crippen molar-refractivity contribution in [3.8, 4) is 16.9 Å². The van der Waals surface area contributed by atoms with Crippen LogP contribution in [0, 0.1) is 0 Å². The Morgan fingerprint density at radius 3 is 2.69 bits per heavy atom. The highest BCUT2D eigenvalue weighted by molar-refractivity contribution is 5.76. The molecule has 2 aromatic heterocycles. The minimum absolute atomic E-state index is 0.0307. The first-order chi connectivity index (χ1) is 19.0. The Bertz CT molecular complexity index is 1390. The summed E-state index contributed by atoms with van der Waals surface area (Å²) in [5.41, 5.74) is 5.49. The third-order valence-corrected chi connectivity index (χ3v) is 6.69. The number of hydrogen-bond donors (Lipinski definition) is 0. The molecule has 1 amide bonds. The number of aromatic nitrogens is 3. The second-order valence-electron chi connectivity index (χ2n) is 10.0. The number of ether oxygens (including phenoxy) is 2. The predicted octanol–water partition coefficient (Wildman–Crippen LogP) is 5.22. The fourth-order valence-corrected chi connectivity index (χ4v) is 4.60. The quantitative estimate of drug-likeness (QED) is 0.352. The number of benzene rings is 2. The molecule has 4 aromatic rings. The number of amides is 1. The highest BCUT2D eigenvalue weighted by Crippen LogP contribution is 2.29. The van der Waals surface area contributed by atoms with Gasteiger partial charge in [0.1, 0.15) is 12.4 Å². The summed E-state index contributed by atoms with van der Waals surface area (Å²) in [6.07, 6.45) is 5.07. The molecule has 2 bridgehead atoms. The van der Waals surface area contributed by atoms with E-state index in [0.717, 1.165) is 33.6 Å². The monoisotopic (exact) mass is 526 g/mol. The van der Waals surface area contributed by atoms with Gasteiger partial charge in [0.05, 0.1) is 13.2 Å². The summed E-state index contributed by atoms with van der Waals surface area (Å²) in [6.45, 7) is 6.31. The van der Waals surface area contributed by atoms with Gasteiger partial charge in [0, 0.05) is 56.2 Å². The van der Waals surface area contributed by atoms with Crippen molar-refractivity contribution < 1.29 is 18.7 Å². The Labute approximate surface area is 229 Å². The highest BCUT2D eigenvalue weighted by atomic mass is 16.5. The minimum Gasteiger partial charge on any atom is -0.491 e. The first-order valence-electron chi connectivity index (χ1n) is 13.5. The van der Waals surface area contributed by atoms with Gasteiger partial charge in [-0.3, -0.25) is 9.78 Å². The molecule has 0 unspecified atom stereocenters. The van der Waals surface area contributed by atoms with Gasteiger partial charge >= 0.3 is 0 Å². The van der Waals surface area contributed by atoms with E-state index in [2.05, 4.69) is 51.6 Å². The molecule has 39 heavy (non-hydrogen) atoms. The van der Waals surface area contributed by atoms with Crippen LogP contribution in [0.15, 0.2) is 71.4 Å². The van der Waals surface area contributed by atoms with Gasteiger partial charge in [0.15, 0.2) is 0 Å². The molecular formula is C31H34N4O4. The second kappa shape index (κ2) is 12.7. The van der Waals surface area contributed by atoms with E-state index in [1.807, 2.05) is 43.1 Å². The first-order valence-corrected chi connectivity index (χ1v) is 13.5. The maximum Gasteiger partial charge on any atom is 0.223 e. The Hall–Kier alpha value is -4.04. The van der Waals surface area contributed by atoms with Gasteiger partial charge in [-0.1, -0.05) is 50.2 Å². The number of pyridine rings is 1. The molecule has 0 N–H and O–H groups in total. The number of nitrogens with zero attached hydrogens (tertiary/aromatic N) is 4. The van der Waals surface area contributed by atoms with E-state index >= 15 is 0 Å². The Morgan fingerprint density at radius 2 is 1.87 bits per heavy atom. The molecule has 0 saturated heterocycles. The van der Waals surface area contributed by atoms with Gasteiger partial charge in [-0.25, -0.2) is 0 Å². The molecule has 0 spiro atoms. The lowest BCUT2D eigenvalue weighted by Gasteiger charge is -2.24. The van der Waals surface area contributed by atoms with E-state index in [4.69, 9.17) is 13.9 Å². The van der Waals surface area contributed by atoms with E-state index in [-0.39, 0.29) is 11.8 Å². The SMILES string of the molecule is CC(C)c1nnc(CCC(=O)N2CCOCCOc3ccc(-c4cccnc4)cc3Cc3cccc(c3)C2)o1. The molecule has 8 heteroatoms. The average Bonchev–Trinajstić information content (AvgIpc) is 3.43. The largest absolute Gasteiger partial charge is 0.491 e. The molecule has 202 valence electrons. The Morgan fingerprint density at radius 1 is 0.974 bits per heavy atom. The fraction of sp³-hybridized carbons (Fsp3) is 0.355. The third-order valence-electron chi connectivity index (χ3n) is 6.69. The lowest BCUT2D eigenvalue weighted by molar-refractivity contribution is -0.132. The molecule has 2 aromatic carbocycles.